The van der Waals surface area contributed by atoms with Gasteiger partial charge >= 0.3 is 0 Å². The van der Waals surface area contributed by atoms with Crippen molar-refractivity contribution >= 4 is 21.5 Å². The van der Waals surface area contributed by atoms with Gasteiger partial charge in [0.05, 0.1) is 11.4 Å². The minimum absolute atomic E-state index is 0.0626. The topological polar surface area (TPSA) is 25.8 Å². The molecule has 0 aliphatic heterocycles. The molecule has 0 radical (unpaired) electrons. The quantitative estimate of drug-likeness (QED) is 0.181. The first-order valence-corrected chi connectivity index (χ1v) is 18.3. The molecule has 1 aromatic heterocycles. The third kappa shape index (κ3) is 5.18. The lowest BCUT2D eigenvalue weighted by atomic mass is 9.81. The van der Waals surface area contributed by atoms with Gasteiger partial charge in [0, 0.05) is 22.1 Å². The number of hydrogen-bond donors (Lipinski definition) is 0. The van der Waals surface area contributed by atoms with E-state index in [0.29, 0.717) is 5.82 Å². The second kappa shape index (κ2) is 12.3. The van der Waals surface area contributed by atoms with Crippen molar-refractivity contribution in [1.29, 1.82) is 0 Å². The van der Waals surface area contributed by atoms with Gasteiger partial charge in [0.2, 0.25) is 0 Å². The summed E-state index contributed by atoms with van der Waals surface area (Å²) in [5, 5.41) is 4.82. The van der Waals surface area contributed by atoms with Crippen LogP contribution in [0.3, 0.4) is 0 Å². The lowest BCUT2D eigenvalue weighted by Gasteiger charge is -2.22. The van der Waals surface area contributed by atoms with Crippen LogP contribution in [-0.2, 0) is 5.41 Å². The Morgan fingerprint density at radius 1 is 0.340 bits per heavy atom. The Morgan fingerprint density at radius 3 is 1.64 bits per heavy atom. The molecule has 2 nitrogen and oxygen atoms in total. The smallest absolute Gasteiger partial charge is 0.161 e. The van der Waals surface area contributed by atoms with Crippen LogP contribution in [0.5, 0.6) is 0 Å². The largest absolute Gasteiger partial charge is 0.228 e. The first-order chi connectivity index (χ1) is 26.0. The highest BCUT2D eigenvalue weighted by Gasteiger charge is 2.35. The van der Waals surface area contributed by atoms with E-state index >= 15 is 0 Å². The van der Waals surface area contributed by atoms with Gasteiger partial charge in [-0.1, -0.05) is 178 Å². The molecule has 250 valence electrons. The van der Waals surface area contributed by atoms with Crippen molar-refractivity contribution in [3.63, 3.8) is 0 Å². The van der Waals surface area contributed by atoms with Crippen molar-refractivity contribution in [3.05, 3.63) is 193 Å². The van der Waals surface area contributed by atoms with E-state index in [1.54, 1.807) is 0 Å². The second-order valence-corrected chi connectivity index (χ2v) is 14.6. The fourth-order valence-corrected chi connectivity index (χ4v) is 8.39. The summed E-state index contributed by atoms with van der Waals surface area (Å²) < 4.78 is 0. The molecular weight excluding hydrogens is 641 g/mol. The molecule has 0 atom stereocenters. The number of benzene rings is 8. The number of fused-ring (bicyclic) bond motifs is 5. The summed E-state index contributed by atoms with van der Waals surface area (Å²) in [7, 11) is 0. The molecule has 1 aliphatic rings. The standard InChI is InChI=1S/C51H36N2/c1-51(2)46-22-11-10-20-43(46)44-28-27-37(31-47(44)51)40-29-30-45(42-19-9-8-18-41(40)42)50-52-48(35-14-4-3-5-15-35)32-49(53-50)36-25-23-34(24-26-36)39-21-12-16-33-13-6-7-17-38(33)39/h3-32H,1-2H3. The molecule has 0 unspecified atom stereocenters. The number of aromatic nitrogens is 2. The molecule has 9 aromatic rings. The summed E-state index contributed by atoms with van der Waals surface area (Å²) in [6.07, 6.45) is 0. The Hall–Kier alpha value is -6.64. The molecular formula is C51H36N2. The second-order valence-electron chi connectivity index (χ2n) is 14.6. The minimum atomic E-state index is -0.0626. The van der Waals surface area contributed by atoms with Gasteiger partial charge in [-0.3, -0.25) is 0 Å². The van der Waals surface area contributed by atoms with E-state index in [2.05, 4.69) is 190 Å². The first kappa shape index (κ1) is 31.1. The van der Waals surface area contributed by atoms with E-state index in [-0.39, 0.29) is 5.41 Å². The summed E-state index contributed by atoms with van der Waals surface area (Å²) in [6, 6.07) is 65.4. The lowest BCUT2D eigenvalue weighted by Crippen LogP contribution is -2.14. The molecule has 8 aromatic carbocycles. The van der Waals surface area contributed by atoms with Crippen molar-refractivity contribution in [1.82, 2.24) is 9.97 Å². The minimum Gasteiger partial charge on any atom is -0.228 e. The predicted molar refractivity (Wildman–Crippen MR) is 222 cm³/mol. The molecule has 0 N–H and O–H groups in total. The summed E-state index contributed by atoms with van der Waals surface area (Å²) in [6.45, 7) is 4.68. The van der Waals surface area contributed by atoms with E-state index in [1.807, 2.05) is 6.07 Å². The molecule has 1 aliphatic carbocycles. The van der Waals surface area contributed by atoms with E-state index in [0.717, 1.165) is 33.5 Å². The third-order valence-corrected chi connectivity index (χ3v) is 11.1. The van der Waals surface area contributed by atoms with Gasteiger partial charge in [0.15, 0.2) is 5.82 Å². The van der Waals surface area contributed by atoms with Crippen molar-refractivity contribution in [3.8, 4) is 67.3 Å². The lowest BCUT2D eigenvalue weighted by molar-refractivity contribution is 0.660. The van der Waals surface area contributed by atoms with Crippen LogP contribution in [0.4, 0.5) is 0 Å². The molecule has 0 spiro atoms. The first-order valence-electron chi connectivity index (χ1n) is 18.3. The van der Waals surface area contributed by atoms with E-state index in [4.69, 9.17) is 9.97 Å². The van der Waals surface area contributed by atoms with Gasteiger partial charge in [-0.05, 0) is 84.3 Å². The van der Waals surface area contributed by atoms with Gasteiger partial charge < -0.3 is 0 Å². The highest BCUT2D eigenvalue weighted by molar-refractivity contribution is 6.05. The summed E-state index contributed by atoms with van der Waals surface area (Å²) >= 11 is 0. The van der Waals surface area contributed by atoms with E-state index in [1.165, 1.54) is 60.7 Å². The Morgan fingerprint density at radius 2 is 0.849 bits per heavy atom. The predicted octanol–water partition coefficient (Wildman–Crippen LogP) is 13.4. The van der Waals surface area contributed by atoms with Gasteiger partial charge in [0.1, 0.15) is 0 Å². The highest BCUT2D eigenvalue weighted by atomic mass is 14.9. The molecule has 0 fully saturated rings. The number of nitrogens with zero attached hydrogens (tertiary/aromatic N) is 2. The van der Waals surface area contributed by atoms with Crippen LogP contribution >= 0.6 is 0 Å². The zero-order chi connectivity index (χ0) is 35.5. The number of hydrogen-bond acceptors (Lipinski definition) is 2. The van der Waals surface area contributed by atoms with Crippen LogP contribution in [0.25, 0.3) is 88.8 Å². The molecule has 53 heavy (non-hydrogen) atoms. The zero-order valence-corrected chi connectivity index (χ0v) is 29.7. The van der Waals surface area contributed by atoms with Crippen molar-refractivity contribution in [2.45, 2.75) is 19.3 Å². The van der Waals surface area contributed by atoms with Crippen molar-refractivity contribution < 1.29 is 0 Å². The van der Waals surface area contributed by atoms with Crippen LogP contribution in [-0.4, -0.2) is 9.97 Å². The Kier molecular flexibility index (Phi) is 7.19. The Balaban J connectivity index is 1.09. The van der Waals surface area contributed by atoms with Gasteiger partial charge in [-0.15, -0.1) is 0 Å². The Labute approximate surface area is 310 Å². The summed E-state index contributed by atoms with van der Waals surface area (Å²) in [5.74, 6) is 0.716. The molecule has 0 bridgehead atoms. The SMILES string of the molecule is CC1(C)c2ccccc2-c2ccc(-c3ccc(-c4nc(-c5ccccc5)cc(-c5ccc(-c6cccc7ccccc67)cc5)n4)c4ccccc34)cc21. The maximum Gasteiger partial charge on any atom is 0.161 e. The molecule has 2 heteroatoms. The van der Waals surface area contributed by atoms with Gasteiger partial charge in [0.25, 0.3) is 0 Å². The maximum atomic E-state index is 5.28. The van der Waals surface area contributed by atoms with Crippen LogP contribution < -0.4 is 0 Å². The van der Waals surface area contributed by atoms with Crippen molar-refractivity contribution in [2.24, 2.45) is 0 Å². The van der Waals surface area contributed by atoms with Crippen LogP contribution in [0.2, 0.25) is 0 Å². The van der Waals surface area contributed by atoms with Gasteiger partial charge in [-0.25, -0.2) is 9.97 Å². The van der Waals surface area contributed by atoms with E-state index < -0.39 is 0 Å². The molecule has 0 saturated carbocycles. The summed E-state index contributed by atoms with van der Waals surface area (Å²) in [4.78, 5) is 10.5. The average Bonchev–Trinajstić information content (AvgIpc) is 3.45. The van der Waals surface area contributed by atoms with Crippen LogP contribution in [0.15, 0.2) is 182 Å². The molecule has 0 amide bonds. The van der Waals surface area contributed by atoms with Gasteiger partial charge in [-0.2, -0.15) is 0 Å². The maximum absolute atomic E-state index is 5.28. The fourth-order valence-electron chi connectivity index (χ4n) is 8.39. The van der Waals surface area contributed by atoms with Crippen LogP contribution in [0.1, 0.15) is 25.0 Å². The molecule has 1 heterocycles. The van der Waals surface area contributed by atoms with Crippen LogP contribution in [0, 0.1) is 0 Å². The van der Waals surface area contributed by atoms with Crippen molar-refractivity contribution in [2.75, 3.05) is 0 Å². The fraction of sp³-hybridized carbons (Fsp3) is 0.0588. The highest BCUT2D eigenvalue weighted by Crippen LogP contribution is 2.50. The Bertz CT molecular complexity index is 2840. The monoisotopic (exact) mass is 676 g/mol. The number of rotatable bonds is 5. The third-order valence-electron chi connectivity index (χ3n) is 11.1. The van der Waals surface area contributed by atoms with E-state index in [9.17, 15) is 0 Å². The average molecular weight is 677 g/mol. The normalized spacial score (nSPS) is 12.9. The summed E-state index contributed by atoms with van der Waals surface area (Å²) in [5.41, 5.74) is 15.1. The zero-order valence-electron chi connectivity index (χ0n) is 29.7. The molecule has 0 saturated heterocycles. The molecule has 10 rings (SSSR count).